The van der Waals surface area contributed by atoms with Gasteiger partial charge >= 0.3 is 0 Å². The minimum absolute atomic E-state index is 0.0487. The second-order valence-electron chi connectivity index (χ2n) is 5.60. The number of rotatable bonds is 2. The van der Waals surface area contributed by atoms with Crippen LogP contribution in [0.4, 0.5) is 0 Å². The Morgan fingerprint density at radius 2 is 2.13 bits per heavy atom. The van der Waals surface area contributed by atoms with Gasteiger partial charge < -0.3 is 10.6 Å². The third-order valence-corrected chi connectivity index (χ3v) is 4.34. The van der Waals surface area contributed by atoms with Crippen molar-refractivity contribution in [2.24, 2.45) is 5.73 Å². The van der Waals surface area contributed by atoms with Gasteiger partial charge in [-0.3, -0.25) is 4.79 Å². The predicted octanol–water partition coefficient (Wildman–Crippen LogP) is 0.823. The summed E-state index contributed by atoms with van der Waals surface area (Å²) in [5.41, 5.74) is 9.54. The summed E-state index contributed by atoms with van der Waals surface area (Å²) in [5, 5.41) is 11.3. The Morgan fingerprint density at radius 3 is 3.00 bits per heavy atom. The number of nitrogens with zero attached hydrogens (tertiary/aromatic N) is 5. The van der Waals surface area contributed by atoms with Crippen molar-refractivity contribution < 1.29 is 4.79 Å². The minimum atomic E-state index is -0.1000. The fourth-order valence-electron chi connectivity index (χ4n) is 3.18. The standard InChI is InChI=1S/C16H16N6O/c17-9-14-13-4-2-1-3-11(13)7-8-21(14)16(23)12-5-6-15-18-19-20-22(15)10-12/h1-6,10,14H,7-9,17H2. The Hall–Kier alpha value is -2.80. The van der Waals surface area contributed by atoms with Crippen molar-refractivity contribution in [2.75, 3.05) is 13.1 Å². The van der Waals surface area contributed by atoms with Crippen molar-refractivity contribution in [3.05, 3.63) is 59.3 Å². The Morgan fingerprint density at radius 1 is 1.26 bits per heavy atom. The zero-order valence-electron chi connectivity index (χ0n) is 12.5. The zero-order chi connectivity index (χ0) is 15.8. The van der Waals surface area contributed by atoms with Crippen LogP contribution in [0.2, 0.25) is 0 Å². The number of nitrogens with two attached hydrogens (primary N) is 1. The van der Waals surface area contributed by atoms with Gasteiger partial charge in [0.15, 0.2) is 5.65 Å². The van der Waals surface area contributed by atoms with Gasteiger partial charge in [0.25, 0.3) is 5.91 Å². The quantitative estimate of drug-likeness (QED) is 0.757. The lowest BCUT2D eigenvalue weighted by molar-refractivity contribution is 0.0667. The molecule has 1 aromatic carbocycles. The number of hydrogen-bond donors (Lipinski definition) is 1. The molecule has 0 bridgehead atoms. The second kappa shape index (κ2) is 5.44. The van der Waals surface area contributed by atoms with Crippen LogP contribution in [0, 0.1) is 0 Å². The summed E-state index contributed by atoms with van der Waals surface area (Å²) in [4.78, 5) is 14.8. The lowest BCUT2D eigenvalue weighted by atomic mass is 9.92. The zero-order valence-corrected chi connectivity index (χ0v) is 12.5. The van der Waals surface area contributed by atoms with Crippen LogP contribution in [-0.4, -0.2) is 43.9 Å². The third-order valence-electron chi connectivity index (χ3n) is 4.34. The monoisotopic (exact) mass is 308 g/mol. The molecule has 7 heteroatoms. The molecule has 23 heavy (non-hydrogen) atoms. The van der Waals surface area contributed by atoms with E-state index in [1.165, 1.54) is 10.1 Å². The first-order chi connectivity index (χ1) is 11.3. The molecule has 0 saturated heterocycles. The molecule has 0 aliphatic carbocycles. The summed E-state index contributed by atoms with van der Waals surface area (Å²) >= 11 is 0. The Kier molecular flexibility index (Phi) is 3.27. The number of hydrogen-bond acceptors (Lipinski definition) is 5. The van der Waals surface area contributed by atoms with Crippen LogP contribution in [0.1, 0.15) is 27.5 Å². The molecule has 3 heterocycles. The highest BCUT2D eigenvalue weighted by Crippen LogP contribution is 2.30. The Balaban J connectivity index is 1.70. The lowest BCUT2D eigenvalue weighted by Gasteiger charge is -2.36. The van der Waals surface area contributed by atoms with Gasteiger partial charge in [0.2, 0.25) is 0 Å². The number of carbonyl (C=O) groups is 1. The van der Waals surface area contributed by atoms with Gasteiger partial charge in [-0.25, -0.2) is 0 Å². The van der Waals surface area contributed by atoms with Crippen LogP contribution in [0.5, 0.6) is 0 Å². The van der Waals surface area contributed by atoms with Crippen molar-refractivity contribution >= 4 is 11.6 Å². The molecular weight excluding hydrogens is 292 g/mol. The summed E-state index contributed by atoms with van der Waals surface area (Å²) in [6.07, 6.45) is 2.50. The number of tetrazole rings is 1. The van der Waals surface area contributed by atoms with Crippen LogP contribution in [-0.2, 0) is 6.42 Å². The number of carbonyl (C=O) groups excluding carboxylic acids is 1. The average molecular weight is 308 g/mol. The fourth-order valence-corrected chi connectivity index (χ4v) is 3.18. The van der Waals surface area contributed by atoms with Gasteiger partial charge in [0.1, 0.15) is 0 Å². The molecule has 1 amide bonds. The summed E-state index contributed by atoms with van der Waals surface area (Å²) in [7, 11) is 0. The number of fused-ring (bicyclic) bond motifs is 2. The lowest BCUT2D eigenvalue weighted by Crippen LogP contribution is -2.43. The first kappa shape index (κ1) is 13.8. The van der Waals surface area contributed by atoms with Crippen molar-refractivity contribution in [3.8, 4) is 0 Å². The molecule has 1 aliphatic heterocycles. The molecule has 0 radical (unpaired) electrons. The smallest absolute Gasteiger partial charge is 0.255 e. The minimum Gasteiger partial charge on any atom is -0.330 e. The van der Waals surface area contributed by atoms with E-state index in [-0.39, 0.29) is 11.9 Å². The summed E-state index contributed by atoms with van der Waals surface area (Å²) in [6.45, 7) is 1.06. The Labute approximate surface area is 132 Å². The van der Waals surface area contributed by atoms with Crippen molar-refractivity contribution in [2.45, 2.75) is 12.5 Å². The maximum Gasteiger partial charge on any atom is 0.255 e. The summed E-state index contributed by atoms with van der Waals surface area (Å²) in [6, 6.07) is 11.6. The highest BCUT2D eigenvalue weighted by atomic mass is 16.2. The summed E-state index contributed by atoms with van der Waals surface area (Å²) < 4.78 is 1.50. The van der Waals surface area contributed by atoms with E-state index in [1.807, 2.05) is 17.0 Å². The van der Waals surface area contributed by atoms with E-state index in [4.69, 9.17) is 5.73 Å². The Bertz CT molecular complexity index is 874. The van der Waals surface area contributed by atoms with E-state index in [9.17, 15) is 4.79 Å². The van der Waals surface area contributed by atoms with Crippen LogP contribution >= 0.6 is 0 Å². The van der Waals surface area contributed by atoms with Crippen LogP contribution < -0.4 is 5.73 Å². The molecular formula is C16H16N6O. The number of amides is 1. The third kappa shape index (κ3) is 2.25. The summed E-state index contributed by atoms with van der Waals surface area (Å²) in [5.74, 6) is -0.0487. The molecule has 4 rings (SSSR count). The molecule has 2 N–H and O–H groups in total. The molecule has 1 unspecified atom stereocenters. The van der Waals surface area contributed by atoms with Crippen LogP contribution in [0.3, 0.4) is 0 Å². The molecule has 1 aliphatic rings. The maximum atomic E-state index is 12.9. The highest BCUT2D eigenvalue weighted by molar-refractivity contribution is 5.94. The topological polar surface area (TPSA) is 89.4 Å². The maximum absolute atomic E-state index is 12.9. The van der Waals surface area contributed by atoms with E-state index in [1.54, 1.807) is 18.3 Å². The molecule has 7 nitrogen and oxygen atoms in total. The van der Waals surface area contributed by atoms with E-state index in [0.717, 1.165) is 12.0 Å². The fraction of sp³-hybridized carbons (Fsp3) is 0.250. The van der Waals surface area contributed by atoms with Gasteiger partial charge in [0.05, 0.1) is 11.6 Å². The van der Waals surface area contributed by atoms with Crippen molar-refractivity contribution in [1.82, 2.24) is 24.9 Å². The average Bonchev–Trinajstić information content (AvgIpc) is 3.07. The van der Waals surface area contributed by atoms with E-state index < -0.39 is 0 Å². The molecule has 0 spiro atoms. The second-order valence-corrected chi connectivity index (χ2v) is 5.60. The molecule has 2 aromatic heterocycles. The van der Waals surface area contributed by atoms with Crippen LogP contribution in [0.15, 0.2) is 42.6 Å². The molecule has 116 valence electrons. The normalized spacial score (nSPS) is 17.3. The van der Waals surface area contributed by atoms with Gasteiger partial charge in [0, 0.05) is 19.3 Å². The van der Waals surface area contributed by atoms with E-state index in [0.29, 0.717) is 24.3 Å². The van der Waals surface area contributed by atoms with E-state index in [2.05, 4.69) is 27.7 Å². The van der Waals surface area contributed by atoms with Gasteiger partial charge in [-0.2, -0.15) is 4.52 Å². The van der Waals surface area contributed by atoms with E-state index >= 15 is 0 Å². The molecule has 0 saturated carbocycles. The van der Waals surface area contributed by atoms with Crippen molar-refractivity contribution in [3.63, 3.8) is 0 Å². The molecule has 1 atom stereocenters. The van der Waals surface area contributed by atoms with Gasteiger partial charge in [-0.15, -0.1) is 5.10 Å². The number of benzene rings is 1. The highest BCUT2D eigenvalue weighted by Gasteiger charge is 2.30. The molecule has 3 aromatic rings. The molecule has 0 fully saturated rings. The SMILES string of the molecule is NCC1c2ccccc2CCN1C(=O)c1ccc2nnnn2c1. The first-order valence-electron chi connectivity index (χ1n) is 7.54. The number of aromatic nitrogens is 4. The van der Waals surface area contributed by atoms with Gasteiger partial charge in [-0.05, 0) is 40.1 Å². The number of pyridine rings is 1. The van der Waals surface area contributed by atoms with Crippen LogP contribution in [0.25, 0.3) is 5.65 Å². The largest absolute Gasteiger partial charge is 0.330 e. The predicted molar refractivity (Wildman–Crippen MR) is 83.8 cm³/mol. The first-order valence-corrected chi connectivity index (χ1v) is 7.54. The van der Waals surface area contributed by atoms with Crippen molar-refractivity contribution in [1.29, 1.82) is 0 Å². The van der Waals surface area contributed by atoms with Gasteiger partial charge in [-0.1, -0.05) is 24.3 Å².